The van der Waals surface area contributed by atoms with Crippen molar-refractivity contribution >= 4 is 17.4 Å². The third kappa shape index (κ3) is 2.25. The predicted molar refractivity (Wildman–Crippen MR) is 76.4 cm³/mol. The van der Waals surface area contributed by atoms with E-state index in [4.69, 9.17) is 0 Å². The van der Waals surface area contributed by atoms with E-state index in [0.717, 1.165) is 16.4 Å². The van der Waals surface area contributed by atoms with Gasteiger partial charge >= 0.3 is 0 Å². The van der Waals surface area contributed by atoms with Gasteiger partial charge in [0.1, 0.15) is 10.7 Å². The van der Waals surface area contributed by atoms with Gasteiger partial charge in [-0.2, -0.15) is 0 Å². The number of aryl methyl sites for hydroxylation is 1. The molecule has 2 aromatic heterocycles. The molecule has 0 saturated carbocycles. The molecule has 0 bridgehead atoms. The molecule has 0 radical (unpaired) electrons. The summed E-state index contributed by atoms with van der Waals surface area (Å²) in [5.41, 5.74) is 2.92. The van der Waals surface area contributed by atoms with Crippen LogP contribution in [0.5, 0.6) is 0 Å². The number of fused-ring (bicyclic) bond motifs is 1. The van der Waals surface area contributed by atoms with Crippen LogP contribution in [0.1, 0.15) is 11.3 Å². The number of imidazole rings is 1. The van der Waals surface area contributed by atoms with Crippen molar-refractivity contribution in [3.05, 3.63) is 59.9 Å². The first-order valence-corrected chi connectivity index (χ1v) is 6.91. The van der Waals surface area contributed by atoms with E-state index in [9.17, 15) is 5.11 Å². The fraction of sp³-hybridized carbons (Fsp3) is 0.133. The minimum absolute atomic E-state index is 0.0145. The third-order valence-corrected chi connectivity index (χ3v) is 4.24. The Labute approximate surface area is 115 Å². The van der Waals surface area contributed by atoms with Crippen LogP contribution >= 0.6 is 11.8 Å². The van der Waals surface area contributed by atoms with E-state index < -0.39 is 0 Å². The first kappa shape index (κ1) is 12.3. The van der Waals surface area contributed by atoms with Gasteiger partial charge in [-0.3, -0.25) is 0 Å². The highest BCUT2D eigenvalue weighted by atomic mass is 32.2. The van der Waals surface area contributed by atoms with Crippen LogP contribution in [-0.2, 0) is 6.61 Å². The Kier molecular flexibility index (Phi) is 3.27. The molecule has 1 N–H and O–H groups in total. The summed E-state index contributed by atoms with van der Waals surface area (Å²) < 4.78 is 1.93. The van der Waals surface area contributed by atoms with Crippen molar-refractivity contribution in [2.24, 2.45) is 0 Å². The summed E-state index contributed by atoms with van der Waals surface area (Å²) >= 11 is 1.60. The number of hydrogen-bond acceptors (Lipinski definition) is 3. The van der Waals surface area contributed by atoms with E-state index in [1.807, 2.05) is 40.9 Å². The van der Waals surface area contributed by atoms with Gasteiger partial charge in [0, 0.05) is 11.1 Å². The van der Waals surface area contributed by atoms with Gasteiger partial charge in [0.25, 0.3) is 0 Å². The van der Waals surface area contributed by atoms with Gasteiger partial charge in [-0.05, 0) is 30.7 Å². The second kappa shape index (κ2) is 5.07. The molecule has 0 spiro atoms. The number of nitrogens with zero attached hydrogens (tertiary/aromatic N) is 2. The molecule has 0 unspecified atom stereocenters. The van der Waals surface area contributed by atoms with Crippen LogP contribution in [0.4, 0.5) is 0 Å². The molecule has 0 aliphatic heterocycles. The third-order valence-electron chi connectivity index (χ3n) is 3.04. The van der Waals surface area contributed by atoms with E-state index in [1.165, 1.54) is 10.5 Å². The highest BCUT2D eigenvalue weighted by Gasteiger charge is 2.12. The molecule has 96 valence electrons. The van der Waals surface area contributed by atoms with Crippen molar-refractivity contribution in [3.8, 4) is 0 Å². The lowest BCUT2D eigenvalue weighted by molar-refractivity contribution is 0.272. The molecule has 0 amide bonds. The fourth-order valence-corrected chi connectivity index (χ4v) is 3.03. The lowest BCUT2D eigenvalue weighted by Crippen LogP contribution is -1.92. The van der Waals surface area contributed by atoms with E-state index in [2.05, 4.69) is 24.0 Å². The molecular formula is C15H14N2OS. The number of aliphatic hydroxyl groups excluding tert-OH is 1. The summed E-state index contributed by atoms with van der Waals surface area (Å²) in [7, 11) is 0. The maximum absolute atomic E-state index is 9.58. The van der Waals surface area contributed by atoms with Crippen molar-refractivity contribution in [3.63, 3.8) is 0 Å². The molecule has 3 rings (SSSR count). The van der Waals surface area contributed by atoms with Crippen molar-refractivity contribution in [1.29, 1.82) is 0 Å². The summed E-state index contributed by atoms with van der Waals surface area (Å²) in [5.74, 6) is 0. The molecule has 0 fully saturated rings. The summed E-state index contributed by atoms with van der Waals surface area (Å²) in [6, 6.07) is 14.0. The molecule has 0 aliphatic carbocycles. The Balaban J connectivity index is 2.08. The van der Waals surface area contributed by atoms with Gasteiger partial charge in [0.15, 0.2) is 0 Å². The van der Waals surface area contributed by atoms with Crippen molar-refractivity contribution < 1.29 is 5.11 Å². The quantitative estimate of drug-likeness (QED) is 0.793. The summed E-state index contributed by atoms with van der Waals surface area (Å²) in [4.78, 5) is 5.75. The summed E-state index contributed by atoms with van der Waals surface area (Å²) in [6.07, 6.45) is 1.93. The predicted octanol–water partition coefficient (Wildman–Crippen LogP) is 3.29. The topological polar surface area (TPSA) is 37.5 Å². The van der Waals surface area contributed by atoms with Crippen molar-refractivity contribution in [1.82, 2.24) is 9.38 Å². The van der Waals surface area contributed by atoms with E-state index in [0.29, 0.717) is 0 Å². The monoisotopic (exact) mass is 270 g/mol. The van der Waals surface area contributed by atoms with Gasteiger partial charge in [-0.1, -0.05) is 36.0 Å². The average Bonchev–Trinajstić information content (AvgIpc) is 2.78. The molecule has 1 aromatic carbocycles. The van der Waals surface area contributed by atoms with Crippen LogP contribution in [0, 0.1) is 6.92 Å². The van der Waals surface area contributed by atoms with Crippen molar-refractivity contribution in [2.75, 3.05) is 0 Å². The second-order valence-electron chi connectivity index (χ2n) is 4.32. The Hall–Kier alpha value is -1.78. The molecule has 0 aliphatic rings. The standard InChI is InChI=1S/C15H14N2OS/c1-11-6-2-3-7-13(11)19-15-12(10-18)17-9-5-4-8-14(17)16-15/h2-9,18H,10H2,1H3. The van der Waals surface area contributed by atoms with Crippen LogP contribution in [0.3, 0.4) is 0 Å². The van der Waals surface area contributed by atoms with Crippen molar-refractivity contribution in [2.45, 2.75) is 23.5 Å². The van der Waals surface area contributed by atoms with Gasteiger partial charge in [-0.25, -0.2) is 4.98 Å². The molecule has 2 heterocycles. The van der Waals surface area contributed by atoms with Crippen LogP contribution in [-0.4, -0.2) is 14.5 Å². The highest BCUT2D eigenvalue weighted by molar-refractivity contribution is 7.99. The second-order valence-corrected chi connectivity index (χ2v) is 5.35. The number of hydrogen-bond donors (Lipinski definition) is 1. The largest absolute Gasteiger partial charge is 0.390 e. The zero-order chi connectivity index (χ0) is 13.2. The lowest BCUT2D eigenvalue weighted by Gasteiger charge is -2.04. The van der Waals surface area contributed by atoms with Crippen LogP contribution in [0.2, 0.25) is 0 Å². The van der Waals surface area contributed by atoms with Gasteiger partial charge in [0.2, 0.25) is 0 Å². The Bertz CT molecular complexity index is 721. The highest BCUT2D eigenvalue weighted by Crippen LogP contribution is 2.32. The van der Waals surface area contributed by atoms with Gasteiger partial charge < -0.3 is 9.51 Å². The molecule has 0 atom stereocenters. The summed E-state index contributed by atoms with van der Waals surface area (Å²) in [6.45, 7) is 2.07. The molecule has 4 heteroatoms. The molecule has 3 aromatic rings. The Morgan fingerprint density at radius 2 is 1.95 bits per heavy atom. The molecule has 19 heavy (non-hydrogen) atoms. The Morgan fingerprint density at radius 1 is 1.16 bits per heavy atom. The zero-order valence-electron chi connectivity index (χ0n) is 10.6. The zero-order valence-corrected chi connectivity index (χ0v) is 11.4. The SMILES string of the molecule is Cc1ccccc1Sc1nc2ccccn2c1CO. The Morgan fingerprint density at radius 3 is 2.74 bits per heavy atom. The molecular weight excluding hydrogens is 256 g/mol. The normalized spacial score (nSPS) is 11.1. The molecule has 3 nitrogen and oxygen atoms in total. The lowest BCUT2D eigenvalue weighted by atomic mass is 10.2. The number of rotatable bonds is 3. The maximum atomic E-state index is 9.58. The summed E-state index contributed by atoms with van der Waals surface area (Å²) in [5, 5.41) is 10.4. The minimum Gasteiger partial charge on any atom is -0.390 e. The van der Waals surface area contributed by atoms with Gasteiger partial charge in [0.05, 0.1) is 12.3 Å². The first-order valence-electron chi connectivity index (χ1n) is 6.10. The van der Waals surface area contributed by atoms with Crippen LogP contribution < -0.4 is 0 Å². The number of benzene rings is 1. The minimum atomic E-state index is -0.0145. The maximum Gasteiger partial charge on any atom is 0.138 e. The van der Waals surface area contributed by atoms with E-state index in [1.54, 1.807) is 11.8 Å². The fourth-order valence-electron chi connectivity index (χ4n) is 2.03. The number of aliphatic hydroxyl groups is 1. The van der Waals surface area contributed by atoms with Crippen LogP contribution in [0.25, 0.3) is 5.65 Å². The smallest absolute Gasteiger partial charge is 0.138 e. The average molecular weight is 270 g/mol. The molecule has 0 saturated heterocycles. The van der Waals surface area contributed by atoms with Crippen LogP contribution in [0.15, 0.2) is 58.6 Å². The van der Waals surface area contributed by atoms with Gasteiger partial charge in [-0.15, -0.1) is 0 Å². The number of aromatic nitrogens is 2. The number of pyridine rings is 1. The first-order chi connectivity index (χ1) is 9.29. The van der Waals surface area contributed by atoms with E-state index in [-0.39, 0.29) is 6.61 Å². The van der Waals surface area contributed by atoms with E-state index >= 15 is 0 Å².